The van der Waals surface area contributed by atoms with Crippen LogP contribution in [0.1, 0.15) is 37.3 Å². The van der Waals surface area contributed by atoms with Crippen LogP contribution in [0.15, 0.2) is 12.4 Å². The van der Waals surface area contributed by atoms with Crippen molar-refractivity contribution < 1.29 is 13.9 Å². The minimum Gasteiger partial charge on any atom is -0.348 e. The number of aromatic nitrogens is 2. The predicted molar refractivity (Wildman–Crippen MR) is 57.8 cm³/mol. The summed E-state index contributed by atoms with van der Waals surface area (Å²) in [6, 6.07) is 0. The average Bonchev–Trinajstić information content (AvgIpc) is 2.80. The summed E-state index contributed by atoms with van der Waals surface area (Å²) in [7, 11) is 0. The number of rotatable bonds is 1. The summed E-state index contributed by atoms with van der Waals surface area (Å²) < 4.78 is 24.8. The molecule has 2 heterocycles. The van der Waals surface area contributed by atoms with E-state index in [1.807, 2.05) is 0 Å². The first kappa shape index (κ1) is 11.0. The van der Waals surface area contributed by atoms with Crippen LogP contribution in [0.4, 0.5) is 4.39 Å². The monoisotopic (exact) mass is 238 g/mol. The normalized spacial score (nSPS) is 24.3. The lowest BCUT2D eigenvalue weighted by molar-refractivity contribution is -0.179. The van der Waals surface area contributed by atoms with E-state index in [0.717, 1.165) is 25.7 Å². The van der Waals surface area contributed by atoms with Crippen LogP contribution >= 0.6 is 0 Å². The van der Waals surface area contributed by atoms with Gasteiger partial charge in [0, 0.05) is 31.2 Å². The Morgan fingerprint density at radius 3 is 2.41 bits per heavy atom. The molecule has 0 N–H and O–H groups in total. The molecule has 0 bridgehead atoms. The molecule has 2 aliphatic rings. The third-order valence-corrected chi connectivity index (χ3v) is 3.63. The SMILES string of the molecule is Fc1nccnc1C1CCC2(CC1)OCCO2. The van der Waals surface area contributed by atoms with Crippen LogP contribution < -0.4 is 0 Å². The molecule has 1 spiro atoms. The number of hydrogen-bond acceptors (Lipinski definition) is 4. The van der Waals surface area contributed by atoms with Gasteiger partial charge in [0.15, 0.2) is 5.79 Å². The second-order valence-electron chi connectivity index (χ2n) is 4.61. The Kier molecular flexibility index (Phi) is 2.80. The smallest absolute Gasteiger partial charge is 0.234 e. The van der Waals surface area contributed by atoms with E-state index >= 15 is 0 Å². The Bertz CT molecular complexity index is 397. The Morgan fingerprint density at radius 1 is 1.12 bits per heavy atom. The fourth-order valence-corrected chi connectivity index (χ4v) is 2.72. The van der Waals surface area contributed by atoms with Gasteiger partial charge in [-0.15, -0.1) is 0 Å². The molecule has 1 saturated carbocycles. The highest BCUT2D eigenvalue weighted by Gasteiger charge is 2.41. The first-order chi connectivity index (χ1) is 8.29. The lowest BCUT2D eigenvalue weighted by Gasteiger charge is -2.34. The molecule has 5 heteroatoms. The topological polar surface area (TPSA) is 44.2 Å². The van der Waals surface area contributed by atoms with Gasteiger partial charge in [-0.1, -0.05) is 0 Å². The van der Waals surface area contributed by atoms with Gasteiger partial charge in [0.05, 0.1) is 18.9 Å². The fraction of sp³-hybridized carbons (Fsp3) is 0.667. The maximum atomic E-state index is 13.5. The zero-order valence-electron chi connectivity index (χ0n) is 9.56. The fourth-order valence-electron chi connectivity index (χ4n) is 2.72. The summed E-state index contributed by atoms with van der Waals surface area (Å²) in [5, 5.41) is 0. The van der Waals surface area contributed by atoms with Crippen LogP contribution in [-0.2, 0) is 9.47 Å². The van der Waals surface area contributed by atoms with Crippen molar-refractivity contribution in [1.82, 2.24) is 9.97 Å². The zero-order valence-corrected chi connectivity index (χ0v) is 9.56. The van der Waals surface area contributed by atoms with Crippen LogP contribution in [0.2, 0.25) is 0 Å². The third-order valence-electron chi connectivity index (χ3n) is 3.63. The minimum absolute atomic E-state index is 0.141. The van der Waals surface area contributed by atoms with Gasteiger partial charge in [-0.25, -0.2) is 4.98 Å². The van der Waals surface area contributed by atoms with Crippen molar-refractivity contribution >= 4 is 0 Å². The molecular formula is C12H15FN2O2. The quantitative estimate of drug-likeness (QED) is 0.750. The molecule has 0 unspecified atom stereocenters. The highest BCUT2D eigenvalue weighted by atomic mass is 19.1. The van der Waals surface area contributed by atoms with Gasteiger partial charge in [0.25, 0.3) is 0 Å². The van der Waals surface area contributed by atoms with Crippen LogP contribution in [0.5, 0.6) is 0 Å². The molecule has 1 saturated heterocycles. The van der Waals surface area contributed by atoms with E-state index in [-0.39, 0.29) is 5.92 Å². The molecular weight excluding hydrogens is 223 g/mol. The number of hydrogen-bond donors (Lipinski definition) is 0. The van der Waals surface area contributed by atoms with Crippen molar-refractivity contribution in [2.24, 2.45) is 0 Å². The van der Waals surface area contributed by atoms with Gasteiger partial charge >= 0.3 is 0 Å². The maximum absolute atomic E-state index is 13.5. The summed E-state index contributed by atoms with van der Waals surface area (Å²) in [4.78, 5) is 7.75. The Balaban J connectivity index is 1.71. The first-order valence-corrected chi connectivity index (χ1v) is 6.03. The first-order valence-electron chi connectivity index (χ1n) is 6.03. The second-order valence-corrected chi connectivity index (χ2v) is 4.61. The van der Waals surface area contributed by atoms with E-state index in [9.17, 15) is 4.39 Å². The highest BCUT2D eigenvalue weighted by Crippen LogP contribution is 2.41. The molecule has 3 rings (SSSR count). The standard InChI is InChI=1S/C12H15FN2O2/c13-11-10(14-5-6-15-11)9-1-3-12(4-2-9)16-7-8-17-12/h5-6,9H,1-4,7-8H2. The van der Waals surface area contributed by atoms with Gasteiger partial charge in [0.2, 0.25) is 5.95 Å². The minimum atomic E-state index is -0.443. The van der Waals surface area contributed by atoms with Crippen molar-refractivity contribution in [1.29, 1.82) is 0 Å². The Labute approximate surface area is 99.2 Å². The Morgan fingerprint density at radius 2 is 1.76 bits per heavy atom. The van der Waals surface area contributed by atoms with Crippen molar-refractivity contribution in [3.8, 4) is 0 Å². The molecule has 92 valence electrons. The zero-order chi connectivity index (χ0) is 11.7. The molecule has 1 aromatic heterocycles. The van der Waals surface area contributed by atoms with Gasteiger partial charge in [-0.05, 0) is 12.8 Å². The average molecular weight is 238 g/mol. The van der Waals surface area contributed by atoms with Crippen molar-refractivity contribution in [3.05, 3.63) is 24.0 Å². The molecule has 17 heavy (non-hydrogen) atoms. The summed E-state index contributed by atoms with van der Waals surface area (Å²) in [6.45, 7) is 1.34. The number of nitrogens with zero attached hydrogens (tertiary/aromatic N) is 2. The van der Waals surface area contributed by atoms with Gasteiger partial charge < -0.3 is 9.47 Å². The van der Waals surface area contributed by atoms with E-state index < -0.39 is 11.7 Å². The molecule has 0 atom stereocenters. The van der Waals surface area contributed by atoms with Crippen molar-refractivity contribution in [2.45, 2.75) is 37.4 Å². The van der Waals surface area contributed by atoms with Crippen molar-refractivity contribution in [2.75, 3.05) is 13.2 Å². The summed E-state index contributed by atoms with van der Waals surface area (Å²) >= 11 is 0. The molecule has 0 amide bonds. The number of halogens is 1. The summed E-state index contributed by atoms with van der Waals surface area (Å²) in [5.41, 5.74) is 0.486. The Hall–Kier alpha value is -1.07. The summed E-state index contributed by atoms with van der Waals surface area (Å²) in [6.07, 6.45) is 6.24. The van der Waals surface area contributed by atoms with E-state index in [1.54, 1.807) is 6.20 Å². The predicted octanol–water partition coefficient (Wildman–Crippen LogP) is 2.02. The van der Waals surface area contributed by atoms with E-state index in [1.165, 1.54) is 6.20 Å². The highest BCUT2D eigenvalue weighted by molar-refractivity contribution is 5.08. The van der Waals surface area contributed by atoms with Crippen LogP contribution in [0.25, 0.3) is 0 Å². The number of ether oxygens (including phenoxy) is 2. The molecule has 0 aromatic carbocycles. The van der Waals surface area contributed by atoms with Gasteiger partial charge in [0.1, 0.15) is 0 Å². The molecule has 2 fully saturated rings. The van der Waals surface area contributed by atoms with Gasteiger partial charge in [-0.2, -0.15) is 4.39 Å². The maximum Gasteiger partial charge on any atom is 0.234 e. The third kappa shape index (κ3) is 2.05. The van der Waals surface area contributed by atoms with E-state index in [2.05, 4.69) is 9.97 Å². The lowest BCUT2D eigenvalue weighted by Crippen LogP contribution is -2.35. The van der Waals surface area contributed by atoms with E-state index in [4.69, 9.17) is 9.47 Å². The molecule has 1 aliphatic heterocycles. The largest absolute Gasteiger partial charge is 0.348 e. The van der Waals surface area contributed by atoms with Crippen LogP contribution in [-0.4, -0.2) is 29.0 Å². The molecule has 1 aromatic rings. The molecule has 0 radical (unpaired) electrons. The van der Waals surface area contributed by atoms with E-state index in [0.29, 0.717) is 18.9 Å². The molecule has 4 nitrogen and oxygen atoms in total. The van der Waals surface area contributed by atoms with Crippen molar-refractivity contribution in [3.63, 3.8) is 0 Å². The lowest BCUT2D eigenvalue weighted by atomic mass is 9.83. The summed E-state index contributed by atoms with van der Waals surface area (Å²) in [5.74, 6) is -0.696. The second kappa shape index (κ2) is 4.31. The van der Waals surface area contributed by atoms with Crippen LogP contribution in [0, 0.1) is 5.95 Å². The van der Waals surface area contributed by atoms with Gasteiger partial charge in [-0.3, -0.25) is 4.98 Å². The molecule has 1 aliphatic carbocycles. The van der Waals surface area contributed by atoms with Crippen LogP contribution in [0.3, 0.4) is 0 Å².